The van der Waals surface area contributed by atoms with E-state index in [1.165, 1.54) is 12.1 Å². The molecule has 0 amide bonds. The molecule has 1 aliphatic heterocycles. The van der Waals surface area contributed by atoms with Gasteiger partial charge in [0.25, 0.3) is 0 Å². The average Bonchev–Trinajstić information content (AvgIpc) is 3.02. The Balaban J connectivity index is 1.81. The third-order valence-corrected chi connectivity index (χ3v) is 3.72. The number of hydrogen-bond donors (Lipinski definition) is 1. The molecule has 0 aromatic carbocycles. The first-order valence-electron chi connectivity index (χ1n) is 7.49. The second kappa shape index (κ2) is 6.59. The first kappa shape index (κ1) is 15.3. The highest BCUT2D eigenvalue weighted by Gasteiger charge is 2.24. The molecule has 20 heavy (non-hydrogen) atoms. The summed E-state index contributed by atoms with van der Waals surface area (Å²) in [6.07, 6.45) is 5.35. The van der Waals surface area contributed by atoms with E-state index in [2.05, 4.69) is 42.3 Å². The van der Waals surface area contributed by atoms with Gasteiger partial charge in [-0.2, -0.15) is 5.10 Å². The summed E-state index contributed by atoms with van der Waals surface area (Å²) in [7, 11) is 1.72. The Morgan fingerprint density at radius 3 is 2.95 bits per heavy atom. The molecule has 1 aromatic heterocycles. The van der Waals surface area contributed by atoms with Crippen molar-refractivity contribution in [3.8, 4) is 0 Å². The van der Waals surface area contributed by atoms with Crippen molar-refractivity contribution in [3.05, 3.63) is 12.4 Å². The van der Waals surface area contributed by atoms with Crippen LogP contribution in [0.4, 0.5) is 5.69 Å². The predicted molar refractivity (Wildman–Crippen MR) is 82.2 cm³/mol. The van der Waals surface area contributed by atoms with E-state index >= 15 is 0 Å². The second-order valence-corrected chi connectivity index (χ2v) is 6.69. The second-order valence-electron chi connectivity index (χ2n) is 6.69. The molecule has 114 valence electrons. The summed E-state index contributed by atoms with van der Waals surface area (Å²) < 4.78 is 7.04. The molecular weight excluding hydrogens is 252 g/mol. The van der Waals surface area contributed by atoms with E-state index in [9.17, 15) is 0 Å². The van der Waals surface area contributed by atoms with Crippen molar-refractivity contribution >= 4 is 5.69 Å². The first-order valence-corrected chi connectivity index (χ1v) is 7.49. The smallest absolute Gasteiger partial charge is 0.0752 e. The Hall–Kier alpha value is -1.07. The van der Waals surface area contributed by atoms with Gasteiger partial charge in [0.2, 0.25) is 0 Å². The lowest BCUT2D eigenvalue weighted by molar-refractivity contribution is 0.183. The summed E-state index contributed by atoms with van der Waals surface area (Å²) >= 11 is 0. The van der Waals surface area contributed by atoms with E-state index in [0.29, 0.717) is 6.61 Å². The van der Waals surface area contributed by atoms with Gasteiger partial charge in [-0.1, -0.05) is 0 Å². The van der Waals surface area contributed by atoms with E-state index in [1.54, 1.807) is 7.11 Å². The average molecular weight is 280 g/mol. The van der Waals surface area contributed by atoms with Gasteiger partial charge in [0.15, 0.2) is 0 Å². The van der Waals surface area contributed by atoms with Gasteiger partial charge in [-0.05, 0) is 33.1 Å². The van der Waals surface area contributed by atoms with Crippen LogP contribution in [0.15, 0.2) is 12.4 Å². The standard InChI is InChI=1S/C15H28N4O/c1-15(2,3)16-9-13-5-6-18(11-13)14-10-17-19(12-14)7-8-20-4/h10,12-13,16H,5-9,11H2,1-4H3. The van der Waals surface area contributed by atoms with Crippen LogP contribution in [-0.2, 0) is 11.3 Å². The van der Waals surface area contributed by atoms with Crippen LogP contribution in [0, 0.1) is 5.92 Å². The largest absolute Gasteiger partial charge is 0.383 e. The quantitative estimate of drug-likeness (QED) is 0.862. The molecule has 1 saturated heterocycles. The molecule has 5 nitrogen and oxygen atoms in total. The number of anilines is 1. The number of ether oxygens (including phenoxy) is 1. The van der Waals surface area contributed by atoms with E-state index < -0.39 is 0 Å². The maximum atomic E-state index is 5.08. The fourth-order valence-corrected chi connectivity index (χ4v) is 2.51. The minimum absolute atomic E-state index is 0.207. The van der Waals surface area contributed by atoms with Crippen molar-refractivity contribution in [1.29, 1.82) is 0 Å². The first-order chi connectivity index (χ1) is 9.48. The number of nitrogens with zero attached hydrogens (tertiary/aromatic N) is 3. The van der Waals surface area contributed by atoms with Crippen LogP contribution >= 0.6 is 0 Å². The van der Waals surface area contributed by atoms with Crippen LogP contribution in [-0.4, -0.2) is 48.7 Å². The van der Waals surface area contributed by atoms with Gasteiger partial charge in [-0.3, -0.25) is 4.68 Å². The van der Waals surface area contributed by atoms with Crippen molar-refractivity contribution in [3.63, 3.8) is 0 Å². The van der Waals surface area contributed by atoms with E-state index in [4.69, 9.17) is 4.74 Å². The van der Waals surface area contributed by atoms with Gasteiger partial charge in [0.05, 0.1) is 25.0 Å². The Kier molecular flexibility index (Phi) is 5.05. The van der Waals surface area contributed by atoms with Gasteiger partial charge in [0.1, 0.15) is 0 Å². The summed E-state index contributed by atoms with van der Waals surface area (Å²) in [4.78, 5) is 2.44. The minimum atomic E-state index is 0.207. The normalized spacial score (nSPS) is 19.8. The molecule has 2 heterocycles. The zero-order valence-electron chi connectivity index (χ0n) is 13.2. The Morgan fingerprint density at radius 2 is 2.25 bits per heavy atom. The molecule has 2 rings (SSSR count). The Labute approximate surface area is 122 Å². The predicted octanol–water partition coefficient (Wildman–Crippen LogP) is 1.74. The van der Waals surface area contributed by atoms with Gasteiger partial charge in [-0.25, -0.2) is 0 Å². The molecule has 0 spiro atoms. The van der Waals surface area contributed by atoms with Crippen molar-refractivity contribution < 1.29 is 4.74 Å². The summed E-state index contributed by atoms with van der Waals surface area (Å²) in [5.41, 5.74) is 1.44. The zero-order chi connectivity index (χ0) is 14.6. The van der Waals surface area contributed by atoms with Crippen LogP contribution in [0.25, 0.3) is 0 Å². The van der Waals surface area contributed by atoms with E-state index in [0.717, 1.165) is 32.1 Å². The summed E-state index contributed by atoms with van der Waals surface area (Å²) in [6.45, 7) is 11.5. The third kappa shape index (κ3) is 4.49. The monoisotopic (exact) mass is 280 g/mol. The number of rotatable bonds is 6. The SMILES string of the molecule is COCCn1cc(N2CCC(CNC(C)(C)C)C2)cn1. The van der Waals surface area contributed by atoms with Gasteiger partial charge < -0.3 is 15.0 Å². The molecule has 0 radical (unpaired) electrons. The highest BCUT2D eigenvalue weighted by Crippen LogP contribution is 2.23. The van der Waals surface area contributed by atoms with Crippen LogP contribution in [0.3, 0.4) is 0 Å². The summed E-state index contributed by atoms with van der Waals surface area (Å²) in [6, 6.07) is 0. The molecule has 0 bridgehead atoms. The van der Waals surface area contributed by atoms with Gasteiger partial charge >= 0.3 is 0 Å². The third-order valence-electron chi connectivity index (χ3n) is 3.72. The maximum Gasteiger partial charge on any atom is 0.0752 e. The van der Waals surface area contributed by atoms with Crippen LogP contribution in [0.1, 0.15) is 27.2 Å². The molecule has 1 N–H and O–H groups in total. The fraction of sp³-hybridized carbons (Fsp3) is 0.800. The van der Waals surface area contributed by atoms with Crippen LogP contribution in [0.2, 0.25) is 0 Å². The summed E-state index contributed by atoms with van der Waals surface area (Å²) in [5, 5.41) is 7.99. The molecule has 1 unspecified atom stereocenters. The topological polar surface area (TPSA) is 42.3 Å². The molecule has 1 atom stereocenters. The lowest BCUT2D eigenvalue weighted by Gasteiger charge is -2.23. The molecule has 1 aromatic rings. The number of nitrogens with one attached hydrogen (secondary N) is 1. The molecular formula is C15H28N4O. The molecule has 1 fully saturated rings. The lowest BCUT2D eigenvalue weighted by atomic mass is 10.1. The van der Waals surface area contributed by atoms with Crippen molar-refractivity contribution in [2.45, 2.75) is 39.3 Å². The van der Waals surface area contributed by atoms with Crippen molar-refractivity contribution in [2.75, 3.05) is 38.3 Å². The minimum Gasteiger partial charge on any atom is -0.383 e. The number of aromatic nitrogens is 2. The highest BCUT2D eigenvalue weighted by molar-refractivity contribution is 5.43. The fourth-order valence-electron chi connectivity index (χ4n) is 2.51. The van der Waals surface area contributed by atoms with Gasteiger partial charge in [0, 0.05) is 38.5 Å². The van der Waals surface area contributed by atoms with Crippen molar-refractivity contribution in [1.82, 2.24) is 15.1 Å². The molecule has 1 aliphatic rings. The molecule has 0 aliphatic carbocycles. The van der Waals surface area contributed by atoms with Gasteiger partial charge in [-0.15, -0.1) is 0 Å². The zero-order valence-corrected chi connectivity index (χ0v) is 13.2. The molecule has 0 saturated carbocycles. The maximum absolute atomic E-state index is 5.08. The lowest BCUT2D eigenvalue weighted by Crippen LogP contribution is -2.39. The molecule has 5 heteroatoms. The highest BCUT2D eigenvalue weighted by atomic mass is 16.5. The Morgan fingerprint density at radius 1 is 1.45 bits per heavy atom. The van der Waals surface area contributed by atoms with Crippen LogP contribution < -0.4 is 10.2 Å². The van der Waals surface area contributed by atoms with E-state index in [1.807, 2.05) is 10.9 Å². The van der Waals surface area contributed by atoms with Crippen molar-refractivity contribution in [2.24, 2.45) is 5.92 Å². The van der Waals surface area contributed by atoms with E-state index in [-0.39, 0.29) is 5.54 Å². The van der Waals surface area contributed by atoms with Crippen LogP contribution in [0.5, 0.6) is 0 Å². The Bertz CT molecular complexity index is 410. The number of methoxy groups -OCH3 is 1. The summed E-state index contributed by atoms with van der Waals surface area (Å²) in [5.74, 6) is 0.733. The number of hydrogen-bond acceptors (Lipinski definition) is 4.